The number of ether oxygens (including phenoxy) is 1. The number of carbonyl (C=O) groups excluding carboxylic acids is 1. The van der Waals surface area contributed by atoms with Crippen molar-refractivity contribution in [2.24, 2.45) is 0 Å². The van der Waals surface area contributed by atoms with Crippen LogP contribution >= 0.6 is 11.8 Å². The van der Waals surface area contributed by atoms with E-state index in [1.54, 1.807) is 12.1 Å². The van der Waals surface area contributed by atoms with Gasteiger partial charge in [-0.25, -0.2) is 14.6 Å². The van der Waals surface area contributed by atoms with E-state index < -0.39 is 5.97 Å². The van der Waals surface area contributed by atoms with Gasteiger partial charge in [-0.15, -0.1) is 0 Å². The van der Waals surface area contributed by atoms with Crippen molar-refractivity contribution in [3.05, 3.63) is 88.6 Å². The van der Waals surface area contributed by atoms with Gasteiger partial charge in [0.2, 0.25) is 0 Å². The smallest absolute Gasteiger partial charge is 0.410 e. The summed E-state index contributed by atoms with van der Waals surface area (Å²) in [5, 5.41) is 9.96. The van der Waals surface area contributed by atoms with Gasteiger partial charge in [-0.3, -0.25) is 9.80 Å². The van der Waals surface area contributed by atoms with Crippen molar-refractivity contribution in [1.29, 1.82) is 0 Å². The fourth-order valence-electron chi connectivity index (χ4n) is 5.14. The molecule has 1 atom stereocenters. The molecular weight excluding hydrogens is 486 g/mol. The third-order valence-electron chi connectivity index (χ3n) is 7.18. The summed E-state index contributed by atoms with van der Waals surface area (Å²) in [6.45, 7) is 7.19. The molecule has 8 heteroatoms. The zero-order chi connectivity index (χ0) is 25.9. The van der Waals surface area contributed by atoms with E-state index in [2.05, 4.69) is 36.1 Å². The van der Waals surface area contributed by atoms with E-state index in [1.165, 1.54) is 22.9 Å². The molecule has 1 aromatic heterocycles. The number of aromatic carboxylic acids is 1. The highest BCUT2D eigenvalue weighted by Gasteiger charge is 2.40. The second-order valence-electron chi connectivity index (χ2n) is 9.75. The highest BCUT2D eigenvalue weighted by atomic mass is 32.2. The van der Waals surface area contributed by atoms with Crippen molar-refractivity contribution in [1.82, 2.24) is 14.8 Å². The van der Waals surface area contributed by atoms with E-state index in [-0.39, 0.29) is 23.7 Å². The summed E-state index contributed by atoms with van der Waals surface area (Å²) in [5.41, 5.74) is 4.81. The normalized spacial score (nSPS) is 18.7. The van der Waals surface area contributed by atoms with Gasteiger partial charge in [0, 0.05) is 36.3 Å². The van der Waals surface area contributed by atoms with Crippen molar-refractivity contribution in [3.63, 3.8) is 0 Å². The Labute approximate surface area is 221 Å². The van der Waals surface area contributed by atoms with E-state index in [0.29, 0.717) is 6.61 Å². The zero-order valence-corrected chi connectivity index (χ0v) is 21.9. The van der Waals surface area contributed by atoms with Crippen LogP contribution < -0.4 is 0 Å². The average molecular weight is 518 g/mol. The van der Waals surface area contributed by atoms with Gasteiger partial charge in [0.05, 0.1) is 11.6 Å². The lowest BCUT2D eigenvalue weighted by Gasteiger charge is -2.38. The number of carboxylic acid groups (broad SMARTS) is 1. The number of nitrogens with zero attached hydrogens (tertiary/aromatic N) is 3. The van der Waals surface area contributed by atoms with Crippen LogP contribution in [0.1, 0.15) is 51.6 Å². The Kier molecular flexibility index (Phi) is 7.48. The summed E-state index contributed by atoms with van der Waals surface area (Å²) in [4.78, 5) is 33.8. The van der Waals surface area contributed by atoms with Crippen LogP contribution in [0.2, 0.25) is 0 Å². The standard InChI is InChI=1S/C29H31N3O4S/c1-19-4-3-5-22(16-19)26-18-36-29(35)32(26)24-12-14-31(15-13-24)17-23-8-11-27(30-20(23)2)37-25-9-6-21(7-10-25)28(33)34/h3-11,16,24,26H,12-15,17-18H2,1-2H3,(H,33,34)/t26-/m0/s1. The molecule has 2 aliphatic rings. The SMILES string of the molecule is Cc1cccc([C@@H]2COC(=O)N2C2CCN(Cc3ccc(Sc4ccc(C(=O)O)cc4)nc3C)CC2)c1. The summed E-state index contributed by atoms with van der Waals surface area (Å²) in [7, 11) is 0. The van der Waals surface area contributed by atoms with Crippen LogP contribution in [0.5, 0.6) is 0 Å². The summed E-state index contributed by atoms with van der Waals surface area (Å²) in [6, 6.07) is 19.5. The maximum absolute atomic E-state index is 12.6. The largest absolute Gasteiger partial charge is 0.478 e. The van der Waals surface area contributed by atoms with Gasteiger partial charge < -0.3 is 9.84 Å². The highest BCUT2D eigenvalue weighted by Crippen LogP contribution is 2.34. The molecule has 0 radical (unpaired) electrons. The number of carbonyl (C=O) groups is 2. The average Bonchev–Trinajstić information content (AvgIpc) is 3.28. The maximum Gasteiger partial charge on any atom is 0.410 e. The first kappa shape index (κ1) is 25.3. The van der Waals surface area contributed by atoms with Gasteiger partial charge in [0.15, 0.2) is 0 Å². The number of cyclic esters (lactones) is 1. The van der Waals surface area contributed by atoms with Gasteiger partial charge in [-0.05, 0) is 68.1 Å². The molecule has 0 unspecified atom stereocenters. The van der Waals surface area contributed by atoms with E-state index in [1.807, 2.05) is 36.1 Å². The number of carboxylic acids is 1. The lowest BCUT2D eigenvalue weighted by Crippen LogP contribution is -2.46. The molecule has 2 aliphatic heterocycles. The zero-order valence-electron chi connectivity index (χ0n) is 21.1. The van der Waals surface area contributed by atoms with Crippen molar-refractivity contribution >= 4 is 23.8 Å². The van der Waals surface area contributed by atoms with Gasteiger partial charge in [0.25, 0.3) is 0 Å². The molecule has 0 spiro atoms. The van der Waals surface area contributed by atoms with E-state index in [0.717, 1.165) is 53.7 Å². The van der Waals surface area contributed by atoms with Crippen molar-refractivity contribution in [3.8, 4) is 0 Å². The first-order valence-electron chi connectivity index (χ1n) is 12.6. The lowest BCUT2D eigenvalue weighted by molar-refractivity contribution is 0.0696. The quantitative estimate of drug-likeness (QED) is 0.430. The van der Waals surface area contributed by atoms with Crippen LogP contribution in [-0.4, -0.2) is 57.7 Å². The number of likely N-dealkylation sites (tertiary alicyclic amines) is 1. The molecule has 2 aromatic carbocycles. The topological polar surface area (TPSA) is 83.0 Å². The van der Waals surface area contributed by atoms with Crippen LogP contribution in [-0.2, 0) is 11.3 Å². The van der Waals surface area contributed by atoms with Crippen molar-refractivity contribution < 1.29 is 19.4 Å². The number of pyridine rings is 1. The van der Waals surface area contributed by atoms with Crippen LogP contribution in [0.3, 0.4) is 0 Å². The minimum absolute atomic E-state index is 0.0132. The number of aromatic nitrogens is 1. The molecule has 7 nitrogen and oxygen atoms in total. The Morgan fingerprint density at radius 2 is 1.84 bits per heavy atom. The monoisotopic (exact) mass is 517 g/mol. The molecular formula is C29H31N3O4S. The minimum atomic E-state index is -0.926. The fourth-order valence-corrected chi connectivity index (χ4v) is 5.98. The van der Waals surface area contributed by atoms with Crippen LogP contribution in [0, 0.1) is 13.8 Å². The molecule has 3 aromatic rings. The number of amides is 1. The lowest BCUT2D eigenvalue weighted by atomic mass is 9.98. The van der Waals surface area contributed by atoms with Crippen LogP contribution in [0.25, 0.3) is 0 Å². The highest BCUT2D eigenvalue weighted by molar-refractivity contribution is 7.99. The van der Waals surface area contributed by atoms with Gasteiger partial charge >= 0.3 is 12.1 Å². The number of piperidine rings is 1. The number of benzene rings is 2. The predicted octanol–water partition coefficient (Wildman–Crippen LogP) is 5.71. The molecule has 2 saturated heterocycles. The van der Waals surface area contributed by atoms with Crippen LogP contribution in [0.4, 0.5) is 4.79 Å². The number of hydrogen-bond donors (Lipinski definition) is 1. The number of rotatable bonds is 7. The maximum atomic E-state index is 12.6. The molecule has 0 bridgehead atoms. The fraction of sp³-hybridized carbons (Fsp3) is 0.345. The predicted molar refractivity (Wildman–Crippen MR) is 142 cm³/mol. The van der Waals surface area contributed by atoms with Crippen molar-refractivity contribution in [2.45, 2.75) is 55.2 Å². The second-order valence-corrected chi connectivity index (χ2v) is 10.8. The van der Waals surface area contributed by atoms with Crippen LogP contribution in [0.15, 0.2) is 70.6 Å². The first-order valence-corrected chi connectivity index (χ1v) is 13.4. The molecule has 0 saturated carbocycles. The molecule has 1 amide bonds. The van der Waals surface area contributed by atoms with E-state index in [4.69, 9.17) is 14.8 Å². The third-order valence-corrected chi connectivity index (χ3v) is 8.12. The van der Waals surface area contributed by atoms with Gasteiger partial charge in [-0.2, -0.15) is 0 Å². The van der Waals surface area contributed by atoms with Gasteiger partial charge in [-0.1, -0.05) is 47.7 Å². The van der Waals surface area contributed by atoms with E-state index in [9.17, 15) is 9.59 Å². The van der Waals surface area contributed by atoms with Gasteiger partial charge in [0.1, 0.15) is 11.6 Å². The first-order chi connectivity index (χ1) is 17.9. The molecule has 3 heterocycles. The minimum Gasteiger partial charge on any atom is -0.478 e. The Bertz CT molecular complexity index is 1290. The third kappa shape index (κ3) is 5.81. The van der Waals surface area contributed by atoms with Crippen molar-refractivity contribution in [2.75, 3.05) is 19.7 Å². The van der Waals surface area contributed by atoms with E-state index >= 15 is 0 Å². The summed E-state index contributed by atoms with van der Waals surface area (Å²) < 4.78 is 5.47. The Morgan fingerprint density at radius 1 is 1.08 bits per heavy atom. The summed E-state index contributed by atoms with van der Waals surface area (Å²) in [5.74, 6) is -0.926. The molecule has 37 heavy (non-hydrogen) atoms. The number of aryl methyl sites for hydroxylation is 2. The molecule has 1 N–H and O–H groups in total. The molecule has 2 fully saturated rings. The molecule has 0 aliphatic carbocycles. The summed E-state index contributed by atoms with van der Waals surface area (Å²) in [6.07, 6.45) is 1.64. The molecule has 5 rings (SSSR count). The Hall–Kier alpha value is -3.36. The second kappa shape index (κ2) is 10.9. The Morgan fingerprint density at radius 3 is 2.51 bits per heavy atom. The summed E-state index contributed by atoms with van der Waals surface area (Å²) >= 11 is 1.52. The Balaban J connectivity index is 1.18. The molecule has 192 valence electrons. The number of hydrogen-bond acceptors (Lipinski definition) is 6.